The van der Waals surface area contributed by atoms with Crippen LogP contribution in [0.5, 0.6) is 0 Å². The van der Waals surface area contributed by atoms with Crippen LogP contribution in [0.15, 0.2) is 21.8 Å². The number of hydrogen-bond acceptors (Lipinski definition) is 5. The lowest BCUT2D eigenvalue weighted by Gasteiger charge is -2.21. The topological polar surface area (TPSA) is 83.0 Å². The molecule has 0 radical (unpaired) electrons. The maximum Gasteiger partial charge on any atom is 0.306 e. The van der Waals surface area contributed by atoms with Crippen molar-refractivity contribution in [2.45, 2.75) is 64.1 Å². The molecule has 0 aliphatic heterocycles. The summed E-state index contributed by atoms with van der Waals surface area (Å²) in [4.78, 5) is 16.3. The van der Waals surface area contributed by atoms with E-state index in [2.05, 4.69) is 15.6 Å². The van der Waals surface area contributed by atoms with Crippen LogP contribution in [0.3, 0.4) is 0 Å². The zero-order valence-corrected chi connectivity index (χ0v) is 19.3. The van der Waals surface area contributed by atoms with E-state index in [9.17, 15) is 9.90 Å². The Morgan fingerprint density at radius 2 is 2.15 bits per heavy atom. The number of aliphatic imine (C=N–C) groups is 1. The number of guanidine groups is 1. The first kappa shape index (κ1) is 24.2. The lowest BCUT2D eigenvalue weighted by molar-refractivity contribution is -0.148. The molecule has 1 aliphatic carbocycles. The van der Waals surface area contributed by atoms with E-state index in [0.717, 1.165) is 37.8 Å². The maximum atomic E-state index is 11.8. The van der Waals surface area contributed by atoms with Gasteiger partial charge in [0.15, 0.2) is 5.96 Å². The minimum atomic E-state index is -0.993. The quantitative estimate of drug-likeness (QED) is 0.156. The van der Waals surface area contributed by atoms with Crippen LogP contribution < -0.4 is 10.6 Å². The Bertz CT molecular complexity index is 573. The van der Waals surface area contributed by atoms with Gasteiger partial charge in [0.05, 0.1) is 6.54 Å². The number of ether oxygens (including phenoxy) is 1. The third-order valence-electron chi connectivity index (χ3n) is 4.48. The number of hydrogen-bond donors (Lipinski definition) is 3. The summed E-state index contributed by atoms with van der Waals surface area (Å²) in [7, 11) is 0. The van der Waals surface area contributed by atoms with E-state index in [1.54, 1.807) is 18.3 Å². The SMILES string of the molecule is CCNC(=NCC(C)(O)c1ccsc1)NCCCC(=O)OC1CCCC1.I. The predicted molar refractivity (Wildman–Crippen MR) is 121 cm³/mol. The van der Waals surface area contributed by atoms with Crippen molar-refractivity contribution in [2.75, 3.05) is 19.6 Å². The van der Waals surface area contributed by atoms with Gasteiger partial charge in [-0.05, 0) is 68.3 Å². The number of nitrogens with one attached hydrogen (secondary N) is 2. The largest absolute Gasteiger partial charge is 0.462 e. The molecule has 1 aromatic rings. The van der Waals surface area contributed by atoms with E-state index in [1.165, 1.54) is 0 Å². The van der Waals surface area contributed by atoms with Gasteiger partial charge in [0.25, 0.3) is 0 Å². The number of rotatable bonds is 9. The Kier molecular flexibility index (Phi) is 11.2. The normalized spacial score (nSPS) is 17.1. The summed E-state index contributed by atoms with van der Waals surface area (Å²) in [6.07, 6.45) is 5.57. The fourth-order valence-electron chi connectivity index (χ4n) is 2.93. The molecule has 8 heteroatoms. The minimum Gasteiger partial charge on any atom is -0.462 e. The van der Waals surface area contributed by atoms with Crippen molar-refractivity contribution in [1.82, 2.24) is 10.6 Å². The van der Waals surface area contributed by atoms with E-state index in [1.807, 2.05) is 23.8 Å². The summed E-state index contributed by atoms with van der Waals surface area (Å²) in [5.41, 5.74) is -0.121. The second-order valence-corrected chi connectivity index (χ2v) is 7.69. The fraction of sp³-hybridized carbons (Fsp3) is 0.684. The Labute approximate surface area is 183 Å². The van der Waals surface area contributed by atoms with Crippen molar-refractivity contribution in [3.8, 4) is 0 Å². The van der Waals surface area contributed by atoms with Crippen molar-refractivity contribution in [3.63, 3.8) is 0 Å². The van der Waals surface area contributed by atoms with Crippen LogP contribution in [0, 0.1) is 0 Å². The zero-order chi connectivity index (χ0) is 18.8. The molecule has 0 amide bonds. The molecular weight excluding hydrogens is 477 g/mol. The van der Waals surface area contributed by atoms with Gasteiger partial charge < -0.3 is 20.5 Å². The molecule has 1 saturated carbocycles. The first-order valence-electron chi connectivity index (χ1n) is 9.48. The monoisotopic (exact) mass is 509 g/mol. The summed E-state index contributed by atoms with van der Waals surface area (Å²) < 4.78 is 5.45. The molecule has 154 valence electrons. The van der Waals surface area contributed by atoms with Crippen molar-refractivity contribution in [1.29, 1.82) is 0 Å². The molecule has 1 heterocycles. The second-order valence-electron chi connectivity index (χ2n) is 6.91. The second kappa shape index (κ2) is 12.6. The third-order valence-corrected chi connectivity index (χ3v) is 5.17. The molecule has 0 aromatic carbocycles. The van der Waals surface area contributed by atoms with Crippen molar-refractivity contribution in [3.05, 3.63) is 22.4 Å². The molecule has 1 aromatic heterocycles. The predicted octanol–water partition coefficient (Wildman–Crippen LogP) is 3.39. The highest BCUT2D eigenvalue weighted by atomic mass is 127. The smallest absolute Gasteiger partial charge is 0.306 e. The molecule has 2 rings (SSSR count). The number of halogens is 1. The molecule has 1 fully saturated rings. The van der Waals surface area contributed by atoms with Gasteiger partial charge in [-0.3, -0.25) is 4.79 Å². The molecule has 6 nitrogen and oxygen atoms in total. The zero-order valence-electron chi connectivity index (χ0n) is 16.2. The van der Waals surface area contributed by atoms with E-state index < -0.39 is 5.60 Å². The standard InChI is InChI=1S/C19H31N3O3S.HI/c1-3-20-18(22-14-19(2,24)15-10-12-26-13-15)21-11-6-9-17(23)25-16-7-4-5-8-16;/h10,12-13,16,24H,3-9,11,14H2,1-2H3,(H2,20,21,22);1H. The molecule has 3 N–H and O–H groups in total. The highest BCUT2D eigenvalue weighted by Gasteiger charge is 2.23. The molecule has 27 heavy (non-hydrogen) atoms. The van der Waals surface area contributed by atoms with Crippen molar-refractivity contribution in [2.24, 2.45) is 4.99 Å². The lowest BCUT2D eigenvalue weighted by atomic mass is 10.00. The van der Waals surface area contributed by atoms with Gasteiger partial charge in [0.1, 0.15) is 11.7 Å². The van der Waals surface area contributed by atoms with Gasteiger partial charge in [0, 0.05) is 19.5 Å². The number of aliphatic hydroxyl groups is 1. The Balaban J connectivity index is 0.00000364. The summed E-state index contributed by atoms with van der Waals surface area (Å²) in [6.45, 7) is 5.39. The minimum absolute atomic E-state index is 0. The average Bonchev–Trinajstić information content (AvgIpc) is 3.30. The summed E-state index contributed by atoms with van der Waals surface area (Å²) in [6, 6.07) is 1.91. The van der Waals surface area contributed by atoms with Gasteiger partial charge in [-0.2, -0.15) is 11.3 Å². The summed E-state index contributed by atoms with van der Waals surface area (Å²) in [5, 5.41) is 20.8. The van der Waals surface area contributed by atoms with Gasteiger partial charge >= 0.3 is 5.97 Å². The Hall–Kier alpha value is -0.870. The van der Waals surface area contributed by atoms with Gasteiger partial charge in [-0.25, -0.2) is 4.99 Å². The van der Waals surface area contributed by atoms with Crippen LogP contribution >= 0.6 is 35.3 Å². The summed E-state index contributed by atoms with van der Waals surface area (Å²) >= 11 is 1.56. The van der Waals surface area contributed by atoms with Crippen LogP contribution in [0.1, 0.15) is 57.9 Å². The van der Waals surface area contributed by atoms with Crippen LogP contribution in [0.25, 0.3) is 0 Å². The molecule has 1 atom stereocenters. The Morgan fingerprint density at radius 1 is 1.41 bits per heavy atom. The number of carbonyl (C=O) groups is 1. The van der Waals surface area contributed by atoms with E-state index in [4.69, 9.17) is 4.74 Å². The number of esters is 1. The first-order chi connectivity index (χ1) is 12.5. The number of carbonyl (C=O) groups excluding carboxylic acids is 1. The molecule has 1 unspecified atom stereocenters. The Morgan fingerprint density at radius 3 is 2.78 bits per heavy atom. The first-order valence-corrected chi connectivity index (χ1v) is 10.4. The highest BCUT2D eigenvalue weighted by molar-refractivity contribution is 14.0. The molecule has 0 spiro atoms. The molecule has 0 bridgehead atoms. The molecular formula is C19H32IN3O3S. The molecule has 0 saturated heterocycles. The highest BCUT2D eigenvalue weighted by Crippen LogP contribution is 2.23. The van der Waals surface area contributed by atoms with E-state index >= 15 is 0 Å². The van der Waals surface area contributed by atoms with Gasteiger partial charge in [-0.1, -0.05) is 0 Å². The van der Waals surface area contributed by atoms with E-state index in [-0.39, 0.29) is 42.6 Å². The fourth-order valence-corrected chi connectivity index (χ4v) is 3.71. The van der Waals surface area contributed by atoms with Crippen LogP contribution in [-0.2, 0) is 15.1 Å². The van der Waals surface area contributed by atoms with Gasteiger partial charge in [0.2, 0.25) is 0 Å². The average molecular weight is 509 g/mol. The molecule has 1 aliphatic rings. The number of thiophene rings is 1. The lowest BCUT2D eigenvalue weighted by Crippen LogP contribution is -2.39. The van der Waals surface area contributed by atoms with Crippen LogP contribution in [-0.4, -0.2) is 42.8 Å². The van der Waals surface area contributed by atoms with Crippen LogP contribution in [0.2, 0.25) is 0 Å². The number of nitrogens with zero attached hydrogens (tertiary/aromatic N) is 1. The van der Waals surface area contributed by atoms with Crippen LogP contribution in [0.4, 0.5) is 0 Å². The van der Waals surface area contributed by atoms with Crippen molar-refractivity contribution >= 4 is 47.2 Å². The summed E-state index contributed by atoms with van der Waals surface area (Å²) in [5.74, 6) is 0.535. The van der Waals surface area contributed by atoms with E-state index in [0.29, 0.717) is 25.3 Å². The van der Waals surface area contributed by atoms with Crippen molar-refractivity contribution < 1.29 is 14.6 Å². The third kappa shape index (κ3) is 8.78. The maximum absolute atomic E-state index is 11.8. The van der Waals surface area contributed by atoms with Gasteiger partial charge in [-0.15, -0.1) is 24.0 Å².